The minimum Gasteiger partial charge on any atom is -0.452 e. The van der Waals surface area contributed by atoms with Crippen LogP contribution in [0.4, 0.5) is 5.69 Å². The van der Waals surface area contributed by atoms with E-state index in [1.54, 1.807) is 23.1 Å². The Kier molecular flexibility index (Phi) is 8.11. The number of nitrogens with one attached hydrogen (secondary N) is 1. The molecule has 0 atom stereocenters. The number of carbonyl (C=O) groups is 3. The van der Waals surface area contributed by atoms with Gasteiger partial charge < -0.3 is 15.0 Å². The minimum absolute atomic E-state index is 0.200. The molecule has 0 saturated heterocycles. The predicted octanol–water partition coefficient (Wildman–Crippen LogP) is 2.94. The van der Waals surface area contributed by atoms with Gasteiger partial charge in [-0.3, -0.25) is 9.59 Å². The van der Waals surface area contributed by atoms with E-state index in [0.717, 1.165) is 0 Å². The van der Waals surface area contributed by atoms with Gasteiger partial charge >= 0.3 is 5.97 Å². The normalized spacial score (nSPS) is 10.7. The van der Waals surface area contributed by atoms with Gasteiger partial charge in [-0.05, 0) is 30.0 Å². The van der Waals surface area contributed by atoms with Gasteiger partial charge in [0.1, 0.15) is 0 Å². The van der Waals surface area contributed by atoms with Crippen molar-refractivity contribution in [2.75, 3.05) is 25.0 Å². The molecule has 0 heterocycles. The molecule has 1 aromatic carbocycles. The predicted molar refractivity (Wildman–Crippen MR) is 97.3 cm³/mol. The van der Waals surface area contributed by atoms with Crippen LogP contribution in [0.2, 0.25) is 0 Å². The number of hydrogen-bond acceptors (Lipinski definition) is 4. The summed E-state index contributed by atoms with van der Waals surface area (Å²) in [6.07, 6.45) is 0. The molecule has 0 unspecified atom stereocenters. The van der Waals surface area contributed by atoms with E-state index in [4.69, 9.17) is 4.74 Å². The molecule has 0 saturated carbocycles. The summed E-state index contributed by atoms with van der Waals surface area (Å²) in [7, 11) is 0. The first-order chi connectivity index (χ1) is 11.7. The average Bonchev–Trinajstić information content (AvgIpc) is 2.50. The number of carbonyl (C=O) groups excluding carboxylic acids is 3. The lowest BCUT2D eigenvalue weighted by Crippen LogP contribution is -2.39. The number of anilines is 1. The molecule has 0 bridgehead atoms. The summed E-state index contributed by atoms with van der Waals surface area (Å²) >= 11 is 0. The van der Waals surface area contributed by atoms with E-state index in [9.17, 15) is 14.4 Å². The zero-order chi connectivity index (χ0) is 19.0. The van der Waals surface area contributed by atoms with Crippen molar-refractivity contribution >= 4 is 23.5 Å². The van der Waals surface area contributed by atoms with Crippen molar-refractivity contribution in [3.63, 3.8) is 0 Å². The molecule has 0 fully saturated rings. The van der Waals surface area contributed by atoms with Crippen molar-refractivity contribution in [2.45, 2.75) is 34.6 Å². The Morgan fingerprint density at radius 1 is 1.08 bits per heavy atom. The van der Waals surface area contributed by atoms with E-state index < -0.39 is 5.97 Å². The first-order valence-electron chi connectivity index (χ1n) is 8.51. The summed E-state index contributed by atoms with van der Waals surface area (Å²) in [4.78, 5) is 37.3. The first-order valence-corrected chi connectivity index (χ1v) is 8.51. The van der Waals surface area contributed by atoms with E-state index in [-0.39, 0.29) is 18.4 Å². The third-order valence-corrected chi connectivity index (χ3v) is 3.27. The number of esters is 1. The van der Waals surface area contributed by atoms with Gasteiger partial charge in [-0.25, -0.2) is 4.79 Å². The van der Waals surface area contributed by atoms with Gasteiger partial charge in [-0.1, -0.05) is 33.8 Å². The summed E-state index contributed by atoms with van der Waals surface area (Å²) in [6, 6.07) is 6.43. The number of rotatable bonds is 8. The molecule has 1 N–H and O–H groups in total. The highest BCUT2D eigenvalue weighted by Crippen LogP contribution is 2.12. The Morgan fingerprint density at radius 3 is 2.20 bits per heavy atom. The number of nitrogens with zero attached hydrogens (tertiary/aromatic N) is 1. The van der Waals surface area contributed by atoms with E-state index in [1.165, 1.54) is 13.0 Å². The van der Waals surface area contributed by atoms with E-state index >= 15 is 0 Å². The fourth-order valence-corrected chi connectivity index (χ4v) is 2.39. The molecule has 2 amide bonds. The Labute approximate surface area is 149 Å². The largest absolute Gasteiger partial charge is 0.452 e. The van der Waals surface area contributed by atoms with Crippen LogP contribution in [0.25, 0.3) is 0 Å². The summed E-state index contributed by atoms with van der Waals surface area (Å²) in [5, 5.41) is 2.60. The molecule has 6 heteroatoms. The lowest BCUT2D eigenvalue weighted by atomic mass is 10.1. The smallest absolute Gasteiger partial charge is 0.338 e. The highest BCUT2D eigenvalue weighted by atomic mass is 16.5. The van der Waals surface area contributed by atoms with Gasteiger partial charge in [0.25, 0.3) is 5.91 Å². The summed E-state index contributed by atoms with van der Waals surface area (Å²) in [5.74, 6) is -0.331. The van der Waals surface area contributed by atoms with Crippen LogP contribution >= 0.6 is 0 Å². The maximum absolute atomic E-state index is 12.4. The first kappa shape index (κ1) is 20.7. The molecular weight excluding hydrogens is 320 g/mol. The quantitative estimate of drug-likeness (QED) is 0.733. The second-order valence-electron chi connectivity index (χ2n) is 6.92. The SMILES string of the molecule is CC(=O)Nc1cccc(C(=O)OCC(=O)N(CC(C)C)CC(C)C)c1. The fraction of sp³-hybridized carbons (Fsp3) is 0.526. The molecule has 0 aliphatic heterocycles. The molecular formula is C19H28N2O4. The maximum atomic E-state index is 12.4. The zero-order valence-electron chi connectivity index (χ0n) is 15.7. The van der Waals surface area contributed by atoms with Crippen molar-refractivity contribution in [2.24, 2.45) is 11.8 Å². The molecule has 0 spiro atoms. The van der Waals surface area contributed by atoms with Gasteiger partial charge in [-0.15, -0.1) is 0 Å². The highest BCUT2D eigenvalue weighted by Gasteiger charge is 2.18. The monoisotopic (exact) mass is 348 g/mol. The van der Waals surface area contributed by atoms with Gasteiger partial charge in [0.15, 0.2) is 6.61 Å². The van der Waals surface area contributed by atoms with Crippen LogP contribution in [-0.2, 0) is 14.3 Å². The van der Waals surface area contributed by atoms with Gasteiger partial charge in [0.2, 0.25) is 5.91 Å². The Balaban J connectivity index is 2.67. The van der Waals surface area contributed by atoms with Crippen LogP contribution in [0.5, 0.6) is 0 Å². The highest BCUT2D eigenvalue weighted by molar-refractivity contribution is 5.94. The number of hydrogen-bond donors (Lipinski definition) is 1. The second kappa shape index (κ2) is 9.81. The van der Waals surface area contributed by atoms with Crippen molar-refractivity contribution in [1.82, 2.24) is 4.90 Å². The molecule has 138 valence electrons. The van der Waals surface area contributed by atoms with Crippen molar-refractivity contribution in [3.05, 3.63) is 29.8 Å². The minimum atomic E-state index is -0.588. The second-order valence-corrected chi connectivity index (χ2v) is 6.92. The van der Waals surface area contributed by atoms with Crippen molar-refractivity contribution in [3.8, 4) is 0 Å². The molecule has 0 aromatic heterocycles. The maximum Gasteiger partial charge on any atom is 0.338 e. The van der Waals surface area contributed by atoms with Gasteiger partial charge in [0.05, 0.1) is 5.56 Å². The van der Waals surface area contributed by atoms with Crippen molar-refractivity contribution < 1.29 is 19.1 Å². The molecule has 0 aliphatic rings. The van der Waals surface area contributed by atoms with Crippen LogP contribution in [0, 0.1) is 11.8 Å². The average molecular weight is 348 g/mol. The summed E-state index contributed by atoms with van der Waals surface area (Å²) in [6.45, 7) is 10.5. The van der Waals surface area contributed by atoms with Crippen LogP contribution < -0.4 is 5.32 Å². The van der Waals surface area contributed by atoms with Gasteiger partial charge in [-0.2, -0.15) is 0 Å². The molecule has 0 aliphatic carbocycles. The van der Waals surface area contributed by atoms with Crippen molar-refractivity contribution in [1.29, 1.82) is 0 Å². The van der Waals surface area contributed by atoms with Crippen LogP contribution in [0.1, 0.15) is 45.0 Å². The lowest BCUT2D eigenvalue weighted by Gasteiger charge is -2.26. The van der Waals surface area contributed by atoms with Crippen LogP contribution in [0.15, 0.2) is 24.3 Å². The number of ether oxygens (including phenoxy) is 1. The summed E-state index contributed by atoms with van der Waals surface area (Å²) in [5.41, 5.74) is 0.799. The fourth-order valence-electron chi connectivity index (χ4n) is 2.39. The lowest BCUT2D eigenvalue weighted by molar-refractivity contribution is -0.135. The Hall–Kier alpha value is -2.37. The van der Waals surface area contributed by atoms with Crippen LogP contribution in [-0.4, -0.2) is 42.4 Å². The summed E-state index contributed by atoms with van der Waals surface area (Å²) < 4.78 is 5.15. The van der Waals surface area contributed by atoms with E-state index in [1.807, 2.05) is 27.7 Å². The molecule has 25 heavy (non-hydrogen) atoms. The Morgan fingerprint density at radius 2 is 1.68 bits per heavy atom. The topological polar surface area (TPSA) is 75.7 Å². The molecule has 1 rings (SSSR count). The third kappa shape index (κ3) is 7.83. The zero-order valence-corrected chi connectivity index (χ0v) is 15.7. The van der Waals surface area contributed by atoms with Crippen LogP contribution in [0.3, 0.4) is 0 Å². The Bertz CT molecular complexity index is 601. The molecule has 1 aromatic rings. The van der Waals surface area contributed by atoms with E-state index in [0.29, 0.717) is 36.2 Å². The number of benzene rings is 1. The van der Waals surface area contributed by atoms with E-state index in [2.05, 4.69) is 5.32 Å². The molecule has 6 nitrogen and oxygen atoms in total. The third-order valence-electron chi connectivity index (χ3n) is 3.27. The standard InChI is InChI=1S/C19H28N2O4/c1-13(2)10-21(11-14(3)4)18(23)12-25-19(24)16-7-6-8-17(9-16)20-15(5)22/h6-9,13-14H,10-12H2,1-5H3,(H,20,22). The van der Waals surface area contributed by atoms with Gasteiger partial charge in [0, 0.05) is 25.7 Å². The molecule has 0 radical (unpaired) electrons. The number of amides is 2.